The number of benzene rings is 1. The summed E-state index contributed by atoms with van der Waals surface area (Å²) in [5, 5.41) is 2.70. The summed E-state index contributed by atoms with van der Waals surface area (Å²) in [6, 6.07) is 13.5. The first-order valence-corrected chi connectivity index (χ1v) is 8.62. The highest BCUT2D eigenvalue weighted by Gasteiger charge is 2.11. The number of carbonyl (C=O) groups excluding carboxylic acids is 1. The molecule has 0 spiro atoms. The van der Waals surface area contributed by atoms with E-state index >= 15 is 0 Å². The molecule has 6 heteroatoms. The van der Waals surface area contributed by atoms with Crippen molar-refractivity contribution < 1.29 is 9.21 Å². The summed E-state index contributed by atoms with van der Waals surface area (Å²) in [4.78, 5) is 24.5. The molecule has 0 unspecified atom stereocenters. The van der Waals surface area contributed by atoms with Gasteiger partial charge in [-0.05, 0) is 48.4 Å². The van der Waals surface area contributed by atoms with Crippen LogP contribution in [-0.2, 0) is 11.2 Å². The molecule has 4 rings (SSSR count). The van der Waals surface area contributed by atoms with Crippen molar-refractivity contribution in [2.45, 2.75) is 20.3 Å². The van der Waals surface area contributed by atoms with Gasteiger partial charge in [-0.1, -0.05) is 12.1 Å². The van der Waals surface area contributed by atoms with Gasteiger partial charge in [0.1, 0.15) is 11.3 Å². The van der Waals surface area contributed by atoms with Crippen LogP contribution in [0.15, 0.2) is 59.3 Å². The molecule has 0 radical (unpaired) electrons. The number of aryl methyl sites for hydroxylation is 1. The first-order chi connectivity index (χ1) is 13.1. The lowest BCUT2D eigenvalue weighted by Crippen LogP contribution is -2.07. The zero-order valence-corrected chi connectivity index (χ0v) is 15.1. The SMILES string of the molecule is CC(=O)Nc1cc(-c2cnc(C)c(Cc3nc4ccccc4o3)c2)ccn1. The third kappa shape index (κ3) is 3.69. The lowest BCUT2D eigenvalue weighted by molar-refractivity contribution is -0.114. The molecule has 134 valence electrons. The van der Waals surface area contributed by atoms with E-state index in [0.29, 0.717) is 18.1 Å². The molecule has 0 aliphatic carbocycles. The van der Waals surface area contributed by atoms with Gasteiger partial charge in [0.2, 0.25) is 5.91 Å². The molecule has 0 saturated heterocycles. The fraction of sp³-hybridized carbons (Fsp3) is 0.143. The zero-order valence-electron chi connectivity index (χ0n) is 15.1. The fourth-order valence-electron chi connectivity index (χ4n) is 2.93. The maximum Gasteiger partial charge on any atom is 0.222 e. The minimum atomic E-state index is -0.154. The van der Waals surface area contributed by atoms with Crippen molar-refractivity contribution in [2.24, 2.45) is 0 Å². The molecule has 0 atom stereocenters. The minimum Gasteiger partial charge on any atom is -0.440 e. The van der Waals surface area contributed by atoms with E-state index in [0.717, 1.165) is 33.5 Å². The molecule has 0 aliphatic rings. The first-order valence-electron chi connectivity index (χ1n) is 8.62. The van der Waals surface area contributed by atoms with Gasteiger partial charge in [-0.2, -0.15) is 0 Å². The van der Waals surface area contributed by atoms with Crippen molar-refractivity contribution in [3.8, 4) is 11.1 Å². The molecular weight excluding hydrogens is 340 g/mol. The van der Waals surface area contributed by atoms with Crippen molar-refractivity contribution in [1.29, 1.82) is 0 Å². The van der Waals surface area contributed by atoms with Crippen LogP contribution in [0.25, 0.3) is 22.2 Å². The molecule has 0 bridgehead atoms. The first kappa shape index (κ1) is 16.9. The van der Waals surface area contributed by atoms with Gasteiger partial charge in [0.25, 0.3) is 0 Å². The fourth-order valence-corrected chi connectivity index (χ4v) is 2.93. The largest absolute Gasteiger partial charge is 0.440 e. The molecule has 0 saturated carbocycles. The number of rotatable bonds is 4. The second-order valence-corrected chi connectivity index (χ2v) is 6.33. The van der Waals surface area contributed by atoms with Crippen LogP contribution >= 0.6 is 0 Å². The predicted octanol–water partition coefficient (Wildman–Crippen LogP) is 4.14. The van der Waals surface area contributed by atoms with Crippen LogP contribution in [0, 0.1) is 6.92 Å². The van der Waals surface area contributed by atoms with Crippen LogP contribution in [0.1, 0.15) is 24.1 Å². The van der Waals surface area contributed by atoms with E-state index in [1.807, 2.05) is 49.5 Å². The normalized spacial score (nSPS) is 10.9. The second-order valence-electron chi connectivity index (χ2n) is 6.33. The van der Waals surface area contributed by atoms with Gasteiger partial charge < -0.3 is 9.73 Å². The van der Waals surface area contributed by atoms with Crippen LogP contribution in [0.5, 0.6) is 0 Å². The summed E-state index contributed by atoms with van der Waals surface area (Å²) >= 11 is 0. The highest BCUT2D eigenvalue weighted by atomic mass is 16.3. The quantitative estimate of drug-likeness (QED) is 0.593. The molecule has 0 fully saturated rings. The van der Waals surface area contributed by atoms with Crippen molar-refractivity contribution >= 4 is 22.8 Å². The Bertz CT molecular complexity index is 1100. The van der Waals surface area contributed by atoms with E-state index < -0.39 is 0 Å². The lowest BCUT2D eigenvalue weighted by atomic mass is 10.0. The molecule has 1 amide bonds. The maximum atomic E-state index is 11.3. The van der Waals surface area contributed by atoms with Gasteiger partial charge in [0.05, 0.1) is 6.42 Å². The number of nitrogens with zero attached hydrogens (tertiary/aromatic N) is 3. The van der Waals surface area contributed by atoms with Crippen LogP contribution in [-0.4, -0.2) is 20.9 Å². The second kappa shape index (κ2) is 6.99. The Morgan fingerprint density at radius 2 is 1.96 bits per heavy atom. The van der Waals surface area contributed by atoms with Gasteiger partial charge >= 0.3 is 0 Å². The zero-order chi connectivity index (χ0) is 18.8. The number of oxazole rings is 1. The lowest BCUT2D eigenvalue weighted by Gasteiger charge is -2.08. The number of fused-ring (bicyclic) bond motifs is 1. The van der Waals surface area contributed by atoms with Gasteiger partial charge in [-0.3, -0.25) is 9.78 Å². The van der Waals surface area contributed by atoms with E-state index in [-0.39, 0.29) is 5.91 Å². The Morgan fingerprint density at radius 3 is 2.78 bits per heavy atom. The number of amides is 1. The summed E-state index contributed by atoms with van der Waals surface area (Å²) in [5.74, 6) is 1.02. The number of pyridine rings is 2. The Balaban J connectivity index is 1.66. The number of hydrogen-bond acceptors (Lipinski definition) is 5. The van der Waals surface area contributed by atoms with Gasteiger partial charge in [-0.25, -0.2) is 9.97 Å². The van der Waals surface area contributed by atoms with Gasteiger partial charge in [0, 0.05) is 30.6 Å². The highest BCUT2D eigenvalue weighted by molar-refractivity contribution is 5.88. The minimum absolute atomic E-state index is 0.154. The molecular formula is C21H18N4O2. The third-order valence-electron chi connectivity index (χ3n) is 4.27. The number of aromatic nitrogens is 3. The number of hydrogen-bond donors (Lipinski definition) is 1. The Kier molecular flexibility index (Phi) is 4.38. The predicted molar refractivity (Wildman–Crippen MR) is 103 cm³/mol. The summed E-state index contributed by atoms with van der Waals surface area (Å²) in [5.41, 5.74) is 5.47. The van der Waals surface area contributed by atoms with E-state index in [2.05, 4.69) is 26.3 Å². The average molecular weight is 358 g/mol. The topological polar surface area (TPSA) is 80.9 Å². The Hall–Kier alpha value is -3.54. The smallest absolute Gasteiger partial charge is 0.222 e. The van der Waals surface area contributed by atoms with E-state index in [1.165, 1.54) is 6.92 Å². The summed E-state index contributed by atoms with van der Waals surface area (Å²) in [6.45, 7) is 3.43. The van der Waals surface area contributed by atoms with Gasteiger partial charge in [-0.15, -0.1) is 0 Å². The Morgan fingerprint density at radius 1 is 1.11 bits per heavy atom. The van der Waals surface area contributed by atoms with Crippen molar-refractivity contribution in [3.63, 3.8) is 0 Å². The molecule has 3 heterocycles. The third-order valence-corrected chi connectivity index (χ3v) is 4.27. The Labute approximate surface area is 156 Å². The molecule has 6 nitrogen and oxygen atoms in total. The number of anilines is 1. The molecule has 0 aliphatic heterocycles. The molecule has 3 aromatic heterocycles. The van der Waals surface area contributed by atoms with Crippen LogP contribution in [0.3, 0.4) is 0 Å². The van der Waals surface area contributed by atoms with Crippen LogP contribution in [0.2, 0.25) is 0 Å². The van der Waals surface area contributed by atoms with Crippen LogP contribution in [0.4, 0.5) is 5.82 Å². The van der Waals surface area contributed by atoms with E-state index in [9.17, 15) is 4.79 Å². The highest BCUT2D eigenvalue weighted by Crippen LogP contribution is 2.25. The molecule has 4 aromatic rings. The molecule has 27 heavy (non-hydrogen) atoms. The molecule has 1 aromatic carbocycles. The number of nitrogens with one attached hydrogen (secondary N) is 1. The summed E-state index contributed by atoms with van der Waals surface area (Å²) in [6.07, 6.45) is 4.05. The number of carbonyl (C=O) groups is 1. The van der Waals surface area contributed by atoms with Crippen molar-refractivity contribution in [3.05, 3.63) is 72.0 Å². The summed E-state index contributed by atoms with van der Waals surface area (Å²) < 4.78 is 5.84. The average Bonchev–Trinajstić information content (AvgIpc) is 3.05. The maximum absolute atomic E-state index is 11.3. The summed E-state index contributed by atoms with van der Waals surface area (Å²) in [7, 11) is 0. The standard InChI is InChI=1S/C21H18N4O2/c1-13-16(11-21-25-18-5-3-4-6-19(18)27-21)9-17(12-23-13)15-7-8-22-20(10-15)24-14(2)26/h3-10,12H,11H2,1-2H3,(H,22,24,26). The van der Waals surface area contributed by atoms with Crippen LogP contribution < -0.4 is 5.32 Å². The van der Waals surface area contributed by atoms with Gasteiger partial charge in [0.15, 0.2) is 11.5 Å². The molecule has 1 N–H and O–H groups in total. The number of para-hydroxylation sites is 2. The van der Waals surface area contributed by atoms with Crippen molar-refractivity contribution in [1.82, 2.24) is 15.0 Å². The van der Waals surface area contributed by atoms with Crippen molar-refractivity contribution in [2.75, 3.05) is 5.32 Å². The van der Waals surface area contributed by atoms with E-state index in [1.54, 1.807) is 6.20 Å². The monoisotopic (exact) mass is 358 g/mol. The van der Waals surface area contributed by atoms with E-state index in [4.69, 9.17) is 4.42 Å².